The SMILES string of the molecule is CCCCCCCC/C=C\C/C=C\C/C=C\CCCC(=O)OC[C@H](COP(=O)(O)OC[C@@H](O)CO)OC(=O)CCC/C=C\C[C@H]1[C@@H](O)CC(O)O[C@@H]1/C=C/[C@@H](O)CCCCC. The number of rotatable bonds is 37. The Kier molecular flexibility index (Phi) is 34.2. The van der Waals surface area contributed by atoms with Crippen LogP contribution in [0.1, 0.15) is 149 Å². The molecule has 14 nitrogen and oxygen atoms in total. The van der Waals surface area contributed by atoms with Gasteiger partial charge in [0.05, 0.1) is 38.1 Å². The molecule has 0 radical (unpaired) electrons. The summed E-state index contributed by atoms with van der Waals surface area (Å²) in [6.07, 6.45) is 31.0. The molecule has 0 aromatic carbocycles. The topological polar surface area (TPSA) is 219 Å². The molecular formula is C46H79O14P. The molecule has 0 bridgehead atoms. The highest BCUT2D eigenvalue weighted by Crippen LogP contribution is 2.43. The van der Waals surface area contributed by atoms with Crippen LogP contribution in [0.5, 0.6) is 0 Å². The number of esters is 2. The van der Waals surface area contributed by atoms with E-state index in [1.807, 2.05) is 24.3 Å². The fraction of sp³-hybridized carbons (Fsp3) is 0.739. The Bertz CT molecular complexity index is 1320. The summed E-state index contributed by atoms with van der Waals surface area (Å²) in [6, 6.07) is 0. The molecule has 0 saturated carbocycles. The molecule has 8 atom stereocenters. The first-order valence-electron chi connectivity index (χ1n) is 22.6. The number of carbonyl (C=O) groups is 2. The fourth-order valence-electron chi connectivity index (χ4n) is 6.34. The van der Waals surface area contributed by atoms with Gasteiger partial charge < -0.3 is 44.6 Å². The third-order valence-electron chi connectivity index (χ3n) is 9.94. The number of allylic oxidation sites excluding steroid dienone is 8. The first-order valence-corrected chi connectivity index (χ1v) is 24.1. The smallest absolute Gasteiger partial charge is 0.462 e. The number of phosphoric acid groups is 1. The van der Waals surface area contributed by atoms with Crippen LogP contribution in [0.3, 0.4) is 0 Å². The molecule has 0 aromatic rings. The Morgan fingerprint density at radius 2 is 1.31 bits per heavy atom. The van der Waals surface area contributed by atoms with Crippen LogP contribution in [0.2, 0.25) is 0 Å². The monoisotopic (exact) mass is 887 g/mol. The van der Waals surface area contributed by atoms with E-state index in [0.29, 0.717) is 38.5 Å². The van der Waals surface area contributed by atoms with Crippen molar-refractivity contribution in [3.05, 3.63) is 60.8 Å². The van der Waals surface area contributed by atoms with Gasteiger partial charge in [0, 0.05) is 25.2 Å². The number of aliphatic hydroxyl groups is 5. The summed E-state index contributed by atoms with van der Waals surface area (Å²) >= 11 is 0. The largest absolute Gasteiger partial charge is 0.472 e. The van der Waals surface area contributed by atoms with Gasteiger partial charge in [0.15, 0.2) is 12.4 Å². The van der Waals surface area contributed by atoms with Crippen LogP contribution in [-0.4, -0.2) is 106 Å². The maximum absolute atomic E-state index is 12.7. The van der Waals surface area contributed by atoms with Crippen molar-refractivity contribution in [2.75, 3.05) is 26.4 Å². The molecule has 0 aliphatic carbocycles. The minimum atomic E-state index is -4.71. The first kappa shape index (κ1) is 56.5. The van der Waals surface area contributed by atoms with Crippen LogP contribution in [0.25, 0.3) is 0 Å². The van der Waals surface area contributed by atoms with E-state index in [0.717, 1.165) is 38.5 Å². The third kappa shape index (κ3) is 31.9. The predicted octanol–water partition coefficient (Wildman–Crippen LogP) is 8.00. The van der Waals surface area contributed by atoms with Gasteiger partial charge in [0.2, 0.25) is 0 Å². The summed E-state index contributed by atoms with van der Waals surface area (Å²) in [6.45, 7) is 1.88. The van der Waals surface area contributed by atoms with Gasteiger partial charge in [-0.15, -0.1) is 0 Å². The molecule has 1 rings (SSSR count). The van der Waals surface area contributed by atoms with Gasteiger partial charge in [-0.1, -0.05) is 126 Å². The quantitative estimate of drug-likeness (QED) is 0.0151. The Labute approximate surface area is 365 Å². The van der Waals surface area contributed by atoms with Crippen molar-refractivity contribution in [2.45, 2.75) is 185 Å². The summed E-state index contributed by atoms with van der Waals surface area (Å²) < 4.78 is 38.3. The average Bonchev–Trinajstić information content (AvgIpc) is 3.23. The van der Waals surface area contributed by atoms with Crippen LogP contribution in [0, 0.1) is 5.92 Å². The highest BCUT2D eigenvalue weighted by Gasteiger charge is 2.35. The van der Waals surface area contributed by atoms with E-state index in [2.05, 4.69) is 42.7 Å². The molecule has 1 aliphatic rings. The van der Waals surface area contributed by atoms with E-state index in [9.17, 15) is 39.5 Å². The number of phosphoric ester groups is 1. The second-order valence-electron chi connectivity index (χ2n) is 15.6. The number of carbonyl (C=O) groups excluding carboxylic acids is 2. The van der Waals surface area contributed by atoms with Crippen molar-refractivity contribution in [2.24, 2.45) is 5.92 Å². The second-order valence-corrected chi connectivity index (χ2v) is 17.0. The first-order chi connectivity index (χ1) is 29.4. The molecule has 6 N–H and O–H groups in total. The van der Waals surface area contributed by atoms with Crippen molar-refractivity contribution < 1.29 is 67.8 Å². The standard InChI is InChI=1S/C46H79O14P/c1-3-5-7-8-9-10-11-12-13-14-15-16-17-18-19-20-25-29-44(51)56-36-40(37-58-61(54,55)57-35-39(49)34-47)59-45(52)30-26-22-21-24-28-41-42(50)33-46(53)60-43(41)32-31-38(48)27-23-6-4-2/h12-13,15-16,18-19,21,24,31-32,38-43,46-50,53H,3-11,14,17,20,22-23,25-30,33-37H2,1-2H3,(H,54,55)/b13-12-,16-15-,19-18-,24-21-,32-31+/t38-,39-,40+,41-,42-,43+,46?/m0/s1. The van der Waals surface area contributed by atoms with Crippen LogP contribution in [0.4, 0.5) is 0 Å². The highest BCUT2D eigenvalue weighted by molar-refractivity contribution is 7.47. The molecule has 352 valence electrons. The Balaban J connectivity index is 2.54. The lowest BCUT2D eigenvalue weighted by molar-refractivity contribution is -0.199. The van der Waals surface area contributed by atoms with Gasteiger partial charge in [-0.25, -0.2) is 4.57 Å². The fourth-order valence-corrected chi connectivity index (χ4v) is 7.13. The number of aliphatic hydroxyl groups excluding tert-OH is 5. The Morgan fingerprint density at radius 1 is 0.738 bits per heavy atom. The minimum absolute atomic E-state index is 0.0229. The van der Waals surface area contributed by atoms with E-state index in [4.69, 9.17) is 23.8 Å². The van der Waals surface area contributed by atoms with E-state index >= 15 is 0 Å². The van der Waals surface area contributed by atoms with Gasteiger partial charge in [-0.3, -0.25) is 18.6 Å². The zero-order valence-corrected chi connectivity index (χ0v) is 37.8. The average molecular weight is 887 g/mol. The number of unbranched alkanes of at least 4 members (excludes halogenated alkanes) is 10. The van der Waals surface area contributed by atoms with Gasteiger partial charge in [-0.2, -0.15) is 0 Å². The third-order valence-corrected chi connectivity index (χ3v) is 10.9. The van der Waals surface area contributed by atoms with Gasteiger partial charge >= 0.3 is 19.8 Å². The summed E-state index contributed by atoms with van der Waals surface area (Å²) in [5.41, 5.74) is 0. The molecule has 1 fully saturated rings. The zero-order chi connectivity index (χ0) is 45.0. The van der Waals surface area contributed by atoms with Crippen LogP contribution in [0.15, 0.2) is 60.8 Å². The lowest BCUT2D eigenvalue weighted by Crippen LogP contribution is -2.43. The molecule has 1 heterocycles. The molecule has 0 aromatic heterocycles. The molecule has 61 heavy (non-hydrogen) atoms. The molecule has 15 heteroatoms. The number of hydrogen-bond donors (Lipinski definition) is 6. The van der Waals surface area contributed by atoms with Crippen molar-refractivity contribution in [1.29, 1.82) is 0 Å². The predicted molar refractivity (Wildman–Crippen MR) is 236 cm³/mol. The van der Waals surface area contributed by atoms with Crippen LogP contribution < -0.4 is 0 Å². The molecule has 2 unspecified atom stereocenters. The Hall–Kier alpha value is -2.49. The number of hydrogen-bond acceptors (Lipinski definition) is 13. The van der Waals surface area contributed by atoms with E-state index < -0.39 is 83.0 Å². The second kappa shape index (κ2) is 36.9. The molecule has 1 aliphatic heterocycles. The van der Waals surface area contributed by atoms with E-state index in [1.165, 1.54) is 38.5 Å². The van der Waals surface area contributed by atoms with E-state index in [1.54, 1.807) is 12.2 Å². The zero-order valence-electron chi connectivity index (χ0n) is 36.9. The van der Waals surface area contributed by atoms with Crippen molar-refractivity contribution >= 4 is 19.8 Å². The number of ether oxygens (including phenoxy) is 3. The summed E-state index contributed by atoms with van der Waals surface area (Å²) in [7, 11) is -4.71. The van der Waals surface area contributed by atoms with Gasteiger partial charge in [0.25, 0.3) is 0 Å². The lowest BCUT2D eigenvalue weighted by atomic mass is 9.87. The molecule has 0 spiro atoms. The van der Waals surface area contributed by atoms with Gasteiger partial charge in [-0.05, 0) is 64.2 Å². The minimum Gasteiger partial charge on any atom is -0.462 e. The molecular weight excluding hydrogens is 807 g/mol. The maximum Gasteiger partial charge on any atom is 0.472 e. The summed E-state index contributed by atoms with van der Waals surface area (Å²) in [5, 5.41) is 49.4. The van der Waals surface area contributed by atoms with Crippen molar-refractivity contribution in [3.8, 4) is 0 Å². The normalized spacial score (nSPS) is 21.2. The highest BCUT2D eigenvalue weighted by atomic mass is 31.2. The van der Waals surface area contributed by atoms with Crippen LogP contribution in [-0.2, 0) is 37.4 Å². The van der Waals surface area contributed by atoms with Crippen molar-refractivity contribution in [1.82, 2.24) is 0 Å². The maximum atomic E-state index is 12.7. The van der Waals surface area contributed by atoms with Gasteiger partial charge in [0.1, 0.15) is 12.7 Å². The Morgan fingerprint density at radius 3 is 1.98 bits per heavy atom. The van der Waals surface area contributed by atoms with Crippen LogP contribution >= 0.6 is 7.82 Å². The molecule has 1 saturated heterocycles. The molecule has 0 amide bonds. The summed E-state index contributed by atoms with van der Waals surface area (Å²) in [5.74, 6) is -1.53. The summed E-state index contributed by atoms with van der Waals surface area (Å²) in [4.78, 5) is 35.2. The van der Waals surface area contributed by atoms with Crippen molar-refractivity contribution in [3.63, 3.8) is 0 Å². The lowest BCUT2D eigenvalue weighted by Gasteiger charge is -2.36. The van der Waals surface area contributed by atoms with E-state index in [-0.39, 0.29) is 25.2 Å².